The summed E-state index contributed by atoms with van der Waals surface area (Å²) in [6, 6.07) is 6.24. The average Bonchev–Trinajstić information content (AvgIpc) is 3.11. The first-order chi connectivity index (χ1) is 13.8. The zero-order valence-electron chi connectivity index (χ0n) is 16.0. The number of aromatic nitrogens is 1. The summed E-state index contributed by atoms with van der Waals surface area (Å²) in [6.07, 6.45) is 6.87. The Morgan fingerprint density at radius 2 is 2.03 bits per heavy atom. The van der Waals surface area contributed by atoms with Gasteiger partial charge >= 0.3 is 0 Å². The van der Waals surface area contributed by atoms with E-state index in [9.17, 15) is 19.7 Å². The van der Waals surface area contributed by atoms with Gasteiger partial charge in [-0.1, -0.05) is 5.92 Å². The second-order valence-corrected chi connectivity index (χ2v) is 7.24. The predicted octanol–water partition coefficient (Wildman–Crippen LogP) is 3.68. The number of thioether (sulfide) groups is 1. The van der Waals surface area contributed by atoms with Crippen LogP contribution in [0.15, 0.2) is 29.2 Å². The largest absolute Gasteiger partial charge is 0.494 e. The SMILES string of the molecule is C#CCN1C(=O)SC(=Cc2cc(C)n(-c3ccc([N+](=O)[O-])cc3OC)c2C)C1=O. The van der Waals surface area contributed by atoms with Crippen LogP contribution in [-0.2, 0) is 4.79 Å². The van der Waals surface area contributed by atoms with Crippen molar-refractivity contribution in [2.45, 2.75) is 13.8 Å². The molecule has 0 saturated carbocycles. The van der Waals surface area contributed by atoms with Gasteiger partial charge in [-0.15, -0.1) is 6.42 Å². The van der Waals surface area contributed by atoms with Crippen molar-refractivity contribution >= 4 is 34.7 Å². The van der Waals surface area contributed by atoms with Gasteiger partial charge < -0.3 is 9.30 Å². The number of terminal acetylenes is 1. The minimum Gasteiger partial charge on any atom is -0.494 e. The molecule has 148 valence electrons. The van der Waals surface area contributed by atoms with Crippen LogP contribution in [0.4, 0.5) is 10.5 Å². The lowest BCUT2D eigenvalue weighted by Gasteiger charge is -2.13. The normalized spacial score (nSPS) is 15.1. The maximum atomic E-state index is 12.4. The molecule has 1 aliphatic heterocycles. The molecule has 2 aromatic rings. The van der Waals surface area contributed by atoms with Crippen molar-refractivity contribution in [1.29, 1.82) is 0 Å². The van der Waals surface area contributed by atoms with Gasteiger partial charge in [0.1, 0.15) is 5.75 Å². The summed E-state index contributed by atoms with van der Waals surface area (Å²) in [5.74, 6) is 2.23. The van der Waals surface area contributed by atoms with E-state index in [2.05, 4.69) is 5.92 Å². The molecule has 29 heavy (non-hydrogen) atoms. The lowest BCUT2D eigenvalue weighted by molar-refractivity contribution is -0.384. The number of nitrogens with zero attached hydrogens (tertiary/aromatic N) is 3. The number of nitro groups is 1. The van der Waals surface area contributed by atoms with Crippen molar-refractivity contribution in [3.05, 3.63) is 56.2 Å². The standard InChI is InChI=1S/C20H17N3O5S/c1-5-8-21-19(24)18(29-20(21)25)10-14-9-12(2)22(13(14)3)16-7-6-15(23(26)27)11-17(16)28-4/h1,6-7,9-11H,8H2,2-4H3. The Morgan fingerprint density at radius 3 is 2.66 bits per heavy atom. The van der Waals surface area contributed by atoms with Gasteiger partial charge in [-0.05, 0) is 49.4 Å². The van der Waals surface area contributed by atoms with Gasteiger partial charge in [-0.2, -0.15) is 0 Å². The molecule has 0 unspecified atom stereocenters. The van der Waals surface area contributed by atoms with Gasteiger partial charge in [0.15, 0.2) is 0 Å². The monoisotopic (exact) mass is 411 g/mol. The number of imide groups is 1. The molecule has 1 aliphatic rings. The molecule has 3 rings (SSSR count). The number of aryl methyl sites for hydroxylation is 1. The number of carbonyl (C=O) groups is 2. The number of ether oxygens (including phenoxy) is 1. The van der Waals surface area contributed by atoms with Gasteiger partial charge in [-0.3, -0.25) is 24.6 Å². The van der Waals surface area contributed by atoms with Gasteiger partial charge in [0, 0.05) is 17.5 Å². The van der Waals surface area contributed by atoms with Crippen molar-refractivity contribution in [2.24, 2.45) is 0 Å². The highest BCUT2D eigenvalue weighted by Crippen LogP contribution is 2.35. The van der Waals surface area contributed by atoms with Crippen LogP contribution in [0.1, 0.15) is 17.0 Å². The topological polar surface area (TPSA) is 94.7 Å². The van der Waals surface area contributed by atoms with Gasteiger partial charge in [-0.25, -0.2) is 0 Å². The van der Waals surface area contributed by atoms with E-state index in [0.717, 1.165) is 33.6 Å². The molecule has 1 aromatic carbocycles. The molecule has 0 bridgehead atoms. The van der Waals surface area contributed by atoms with E-state index in [1.807, 2.05) is 24.5 Å². The molecule has 0 spiro atoms. The zero-order chi connectivity index (χ0) is 21.3. The van der Waals surface area contributed by atoms with Crippen LogP contribution in [0.25, 0.3) is 11.8 Å². The van der Waals surface area contributed by atoms with E-state index in [0.29, 0.717) is 16.3 Å². The highest BCUT2D eigenvalue weighted by Gasteiger charge is 2.34. The molecule has 1 fully saturated rings. The van der Waals surface area contributed by atoms with Crippen LogP contribution < -0.4 is 4.74 Å². The predicted molar refractivity (Wildman–Crippen MR) is 110 cm³/mol. The van der Waals surface area contributed by atoms with Gasteiger partial charge in [0.2, 0.25) is 0 Å². The molecule has 0 atom stereocenters. The number of hydrogen-bond donors (Lipinski definition) is 0. The summed E-state index contributed by atoms with van der Waals surface area (Å²) in [5.41, 5.74) is 2.93. The lowest BCUT2D eigenvalue weighted by Crippen LogP contribution is -2.28. The van der Waals surface area contributed by atoms with Crippen molar-refractivity contribution in [3.63, 3.8) is 0 Å². The van der Waals surface area contributed by atoms with Crippen LogP contribution in [0, 0.1) is 36.3 Å². The number of methoxy groups -OCH3 is 1. The zero-order valence-corrected chi connectivity index (χ0v) is 16.8. The van der Waals surface area contributed by atoms with Crippen LogP contribution in [-0.4, -0.2) is 39.2 Å². The minimum atomic E-state index is -0.487. The van der Waals surface area contributed by atoms with Crippen molar-refractivity contribution < 1.29 is 19.2 Å². The Hall–Kier alpha value is -3.51. The van der Waals surface area contributed by atoms with Crippen LogP contribution in [0.2, 0.25) is 0 Å². The second-order valence-electron chi connectivity index (χ2n) is 6.25. The Kier molecular flexibility index (Phi) is 5.48. The highest BCUT2D eigenvalue weighted by atomic mass is 32.2. The van der Waals surface area contributed by atoms with Gasteiger partial charge in [0.25, 0.3) is 16.8 Å². The van der Waals surface area contributed by atoms with E-state index < -0.39 is 16.1 Å². The van der Waals surface area contributed by atoms with Crippen LogP contribution >= 0.6 is 11.8 Å². The molecule has 0 aliphatic carbocycles. The Bertz CT molecular complexity index is 1110. The number of non-ortho nitro benzene ring substituents is 1. The summed E-state index contributed by atoms with van der Waals surface area (Å²) >= 11 is 0.843. The van der Waals surface area contributed by atoms with Gasteiger partial charge in [0.05, 0.1) is 35.2 Å². The molecule has 1 saturated heterocycles. The quantitative estimate of drug-likeness (QED) is 0.322. The first-order valence-electron chi connectivity index (χ1n) is 8.49. The summed E-state index contributed by atoms with van der Waals surface area (Å²) in [5, 5.41) is 10.6. The van der Waals surface area contributed by atoms with Crippen molar-refractivity contribution in [3.8, 4) is 23.8 Å². The third kappa shape index (κ3) is 3.62. The molecule has 1 aromatic heterocycles. The first-order valence-corrected chi connectivity index (χ1v) is 9.30. The maximum absolute atomic E-state index is 12.4. The molecular formula is C20H17N3O5S. The molecule has 9 heteroatoms. The summed E-state index contributed by atoms with van der Waals surface area (Å²) in [6.45, 7) is 3.65. The number of rotatable bonds is 5. The maximum Gasteiger partial charge on any atom is 0.294 e. The summed E-state index contributed by atoms with van der Waals surface area (Å²) < 4.78 is 7.22. The van der Waals surface area contributed by atoms with E-state index in [-0.39, 0.29) is 12.2 Å². The van der Waals surface area contributed by atoms with E-state index in [1.165, 1.54) is 19.2 Å². The Morgan fingerprint density at radius 1 is 1.31 bits per heavy atom. The minimum absolute atomic E-state index is 0.0684. The fourth-order valence-electron chi connectivity index (χ4n) is 3.14. The van der Waals surface area contributed by atoms with E-state index in [1.54, 1.807) is 12.1 Å². The van der Waals surface area contributed by atoms with Crippen molar-refractivity contribution in [2.75, 3.05) is 13.7 Å². The highest BCUT2D eigenvalue weighted by molar-refractivity contribution is 8.18. The fourth-order valence-corrected chi connectivity index (χ4v) is 3.97. The summed E-state index contributed by atoms with van der Waals surface area (Å²) in [4.78, 5) is 36.3. The number of carbonyl (C=O) groups excluding carboxylic acids is 2. The number of benzene rings is 1. The molecular weight excluding hydrogens is 394 g/mol. The molecule has 8 nitrogen and oxygen atoms in total. The van der Waals surface area contributed by atoms with Crippen LogP contribution in [0.5, 0.6) is 5.75 Å². The lowest BCUT2D eigenvalue weighted by atomic mass is 10.2. The first kappa shape index (κ1) is 20.2. The molecule has 2 amide bonds. The second kappa shape index (κ2) is 7.85. The summed E-state index contributed by atoms with van der Waals surface area (Å²) in [7, 11) is 1.44. The Labute approximate surface area is 171 Å². The third-order valence-corrected chi connectivity index (χ3v) is 5.40. The molecule has 0 radical (unpaired) electrons. The number of amides is 2. The van der Waals surface area contributed by atoms with E-state index in [4.69, 9.17) is 11.2 Å². The smallest absolute Gasteiger partial charge is 0.294 e. The fraction of sp³-hybridized carbons (Fsp3) is 0.200. The Balaban J connectivity index is 2.05. The number of hydrogen-bond acceptors (Lipinski definition) is 6. The van der Waals surface area contributed by atoms with Crippen LogP contribution in [0.3, 0.4) is 0 Å². The van der Waals surface area contributed by atoms with E-state index >= 15 is 0 Å². The third-order valence-electron chi connectivity index (χ3n) is 4.49. The number of nitro benzene ring substituents is 1. The average molecular weight is 411 g/mol. The molecule has 0 N–H and O–H groups in total. The molecule has 2 heterocycles. The van der Waals surface area contributed by atoms with Crippen molar-refractivity contribution in [1.82, 2.24) is 9.47 Å².